The molecule has 0 aliphatic rings. The van der Waals surface area contributed by atoms with Gasteiger partial charge in [0, 0.05) is 24.6 Å². The Morgan fingerprint density at radius 2 is 1.42 bits per heavy atom. The first-order chi connectivity index (χ1) is 22.7. The first kappa shape index (κ1) is 36.0. The minimum atomic E-state index is -4.32. The summed E-state index contributed by atoms with van der Waals surface area (Å²) in [6, 6.07) is 27.5. The number of sulfonamides is 1. The summed E-state index contributed by atoms with van der Waals surface area (Å²) in [5.41, 5.74) is 3.33. The van der Waals surface area contributed by atoms with E-state index in [-0.39, 0.29) is 29.5 Å². The number of benzene rings is 4. The van der Waals surface area contributed by atoms with Gasteiger partial charge in [-0.25, -0.2) is 8.42 Å². The summed E-state index contributed by atoms with van der Waals surface area (Å²) in [5.74, 6) is -0.271. The van der Waals surface area contributed by atoms with E-state index in [9.17, 15) is 18.0 Å². The van der Waals surface area contributed by atoms with Crippen molar-refractivity contribution >= 4 is 27.5 Å². The maximum Gasteiger partial charge on any atom is 0.264 e. The lowest BCUT2D eigenvalue weighted by molar-refractivity contribution is -0.140. The summed E-state index contributed by atoms with van der Waals surface area (Å²) in [6.45, 7) is 9.03. The summed E-state index contributed by atoms with van der Waals surface area (Å²) >= 11 is 0. The average Bonchev–Trinajstić information content (AvgIpc) is 3.04. The highest BCUT2D eigenvalue weighted by Gasteiger charge is 2.36. The Hall–Kier alpha value is -4.83. The van der Waals surface area contributed by atoms with Crippen LogP contribution in [-0.2, 0) is 32.6 Å². The number of ether oxygens (including phenoxy) is 2. The highest BCUT2D eigenvalue weighted by molar-refractivity contribution is 7.92. The predicted octanol–water partition coefficient (Wildman–Crippen LogP) is 6.07. The Morgan fingerprint density at radius 1 is 0.771 bits per heavy atom. The molecule has 0 fully saturated rings. The molecule has 4 aromatic carbocycles. The van der Waals surface area contributed by atoms with Gasteiger partial charge in [0.05, 0.1) is 24.8 Å². The molecule has 0 aromatic heterocycles. The number of methoxy groups -OCH3 is 2. The Bertz CT molecular complexity index is 1820. The van der Waals surface area contributed by atoms with Crippen LogP contribution in [0.3, 0.4) is 0 Å². The Morgan fingerprint density at radius 3 is 2.02 bits per heavy atom. The van der Waals surface area contributed by atoms with Crippen molar-refractivity contribution in [3.8, 4) is 11.5 Å². The number of nitrogens with one attached hydrogen (secondary N) is 1. The van der Waals surface area contributed by atoms with Crippen molar-refractivity contribution in [2.75, 3.05) is 25.1 Å². The van der Waals surface area contributed by atoms with Gasteiger partial charge in [-0.1, -0.05) is 77.9 Å². The van der Waals surface area contributed by atoms with Crippen LogP contribution in [0.5, 0.6) is 11.5 Å². The van der Waals surface area contributed by atoms with Crippen molar-refractivity contribution in [2.45, 2.75) is 64.1 Å². The molecule has 1 N–H and O–H groups in total. The molecule has 0 spiro atoms. The van der Waals surface area contributed by atoms with E-state index in [1.807, 2.05) is 89.2 Å². The minimum absolute atomic E-state index is 0.0786. The molecule has 0 unspecified atom stereocenters. The lowest BCUT2D eigenvalue weighted by Gasteiger charge is -2.35. The van der Waals surface area contributed by atoms with Crippen LogP contribution < -0.4 is 19.1 Å². The van der Waals surface area contributed by atoms with Crippen LogP contribution in [-0.4, -0.2) is 57.5 Å². The van der Waals surface area contributed by atoms with E-state index < -0.39 is 34.1 Å². The number of hydrogen-bond donors (Lipinski definition) is 1. The SMILES string of the molecule is COc1ccc(S(=O)(=O)N(CC(=O)N(Cc2cccc(C)c2)[C@H](Cc2ccccc2)C(=O)NC(C)(C)C)c2ccc(C)cc2)cc1OC. The zero-order chi connectivity index (χ0) is 35.1. The quantitative estimate of drug-likeness (QED) is 0.185. The summed E-state index contributed by atoms with van der Waals surface area (Å²) < 4.78 is 40.6. The van der Waals surface area contributed by atoms with Crippen molar-refractivity contribution in [3.05, 3.63) is 119 Å². The number of carbonyl (C=O) groups excluding carboxylic acids is 2. The van der Waals surface area contributed by atoms with Gasteiger partial charge in [-0.3, -0.25) is 13.9 Å². The molecule has 254 valence electrons. The molecule has 4 aromatic rings. The second-order valence-electron chi connectivity index (χ2n) is 12.8. The molecule has 1 atom stereocenters. The molecule has 10 heteroatoms. The molecular weight excluding hydrogens is 627 g/mol. The van der Waals surface area contributed by atoms with Gasteiger partial charge in [0.1, 0.15) is 12.6 Å². The minimum Gasteiger partial charge on any atom is -0.493 e. The fourth-order valence-corrected chi connectivity index (χ4v) is 6.79. The van der Waals surface area contributed by atoms with Gasteiger partial charge < -0.3 is 19.7 Å². The molecular formula is C38H45N3O6S. The van der Waals surface area contributed by atoms with E-state index in [1.54, 1.807) is 24.3 Å². The normalized spacial score (nSPS) is 12.1. The van der Waals surface area contributed by atoms with Crippen LogP contribution >= 0.6 is 0 Å². The fraction of sp³-hybridized carbons (Fsp3) is 0.316. The Kier molecular flexibility index (Phi) is 11.5. The van der Waals surface area contributed by atoms with Crippen LogP contribution in [0.2, 0.25) is 0 Å². The average molecular weight is 672 g/mol. The van der Waals surface area contributed by atoms with E-state index in [0.29, 0.717) is 11.4 Å². The van der Waals surface area contributed by atoms with E-state index in [0.717, 1.165) is 26.6 Å². The molecule has 0 aliphatic heterocycles. The lowest BCUT2D eigenvalue weighted by atomic mass is 10.0. The number of aryl methyl sites for hydroxylation is 2. The van der Waals surface area contributed by atoms with Gasteiger partial charge in [0.25, 0.3) is 10.0 Å². The van der Waals surface area contributed by atoms with E-state index in [2.05, 4.69) is 5.32 Å². The highest BCUT2D eigenvalue weighted by atomic mass is 32.2. The number of amides is 2. The maximum absolute atomic E-state index is 14.7. The molecule has 48 heavy (non-hydrogen) atoms. The third-order valence-corrected chi connectivity index (χ3v) is 9.52. The van der Waals surface area contributed by atoms with E-state index in [4.69, 9.17) is 9.47 Å². The summed E-state index contributed by atoms with van der Waals surface area (Å²) in [6.07, 6.45) is 0.229. The zero-order valence-electron chi connectivity index (χ0n) is 28.7. The Balaban J connectivity index is 1.84. The topological polar surface area (TPSA) is 105 Å². The maximum atomic E-state index is 14.7. The zero-order valence-corrected chi connectivity index (χ0v) is 29.5. The third-order valence-electron chi connectivity index (χ3n) is 7.75. The predicted molar refractivity (Wildman–Crippen MR) is 189 cm³/mol. The standard InChI is InChI=1S/C38H45N3O6S/c1-27-16-18-31(19-17-27)41(48(44,45)32-20-21-34(46-6)35(24-32)47-7)26-36(42)40(25-30-15-11-12-28(2)22-30)33(37(43)39-38(3,4)5)23-29-13-9-8-10-14-29/h8-22,24,33H,23,25-26H2,1-7H3,(H,39,43)/t33-/m1/s1. The van der Waals surface area contributed by atoms with Crippen molar-refractivity contribution in [2.24, 2.45) is 0 Å². The van der Waals surface area contributed by atoms with Crippen LogP contribution in [0.15, 0.2) is 102 Å². The van der Waals surface area contributed by atoms with Crippen LogP contribution in [0, 0.1) is 13.8 Å². The van der Waals surface area contributed by atoms with Crippen molar-refractivity contribution in [1.29, 1.82) is 0 Å². The molecule has 0 radical (unpaired) electrons. The highest BCUT2D eigenvalue weighted by Crippen LogP contribution is 2.32. The number of hydrogen-bond acceptors (Lipinski definition) is 6. The lowest BCUT2D eigenvalue weighted by Crippen LogP contribution is -2.56. The summed E-state index contributed by atoms with van der Waals surface area (Å²) in [7, 11) is -1.43. The van der Waals surface area contributed by atoms with Crippen molar-refractivity contribution < 1.29 is 27.5 Å². The smallest absolute Gasteiger partial charge is 0.264 e. The van der Waals surface area contributed by atoms with E-state index in [1.165, 1.54) is 37.3 Å². The summed E-state index contributed by atoms with van der Waals surface area (Å²) in [4.78, 5) is 30.1. The van der Waals surface area contributed by atoms with Gasteiger partial charge in [-0.15, -0.1) is 0 Å². The number of nitrogens with zero attached hydrogens (tertiary/aromatic N) is 2. The Labute approximate surface area is 284 Å². The van der Waals surface area contributed by atoms with Gasteiger partial charge in [0.15, 0.2) is 11.5 Å². The number of rotatable bonds is 13. The van der Waals surface area contributed by atoms with E-state index >= 15 is 0 Å². The molecule has 4 rings (SSSR count). The molecule has 0 saturated heterocycles. The van der Waals surface area contributed by atoms with Crippen LogP contribution in [0.1, 0.15) is 43.0 Å². The van der Waals surface area contributed by atoms with Gasteiger partial charge in [-0.05, 0) is 70.0 Å². The molecule has 0 saturated carbocycles. The second kappa shape index (κ2) is 15.4. The van der Waals surface area contributed by atoms with Crippen molar-refractivity contribution in [1.82, 2.24) is 10.2 Å². The molecule has 0 aliphatic carbocycles. The van der Waals surface area contributed by atoms with Gasteiger partial charge in [0.2, 0.25) is 11.8 Å². The third kappa shape index (κ3) is 9.16. The second-order valence-corrected chi connectivity index (χ2v) is 14.7. The molecule has 2 amide bonds. The molecule has 9 nitrogen and oxygen atoms in total. The van der Waals surface area contributed by atoms with Gasteiger partial charge >= 0.3 is 0 Å². The molecule has 0 heterocycles. The number of anilines is 1. The number of carbonyl (C=O) groups is 2. The van der Waals surface area contributed by atoms with Crippen molar-refractivity contribution in [3.63, 3.8) is 0 Å². The van der Waals surface area contributed by atoms with Gasteiger partial charge in [-0.2, -0.15) is 0 Å². The molecule has 0 bridgehead atoms. The van der Waals surface area contributed by atoms with Crippen LogP contribution in [0.25, 0.3) is 0 Å². The fourth-order valence-electron chi connectivity index (χ4n) is 5.36. The first-order valence-electron chi connectivity index (χ1n) is 15.7. The monoisotopic (exact) mass is 671 g/mol. The summed E-state index contributed by atoms with van der Waals surface area (Å²) in [5, 5.41) is 3.05. The largest absolute Gasteiger partial charge is 0.493 e. The van der Waals surface area contributed by atoms with Crippen LogP contribution in [0.4, 0.5) is 5.69 Å². The first-order valence-corrected chi connectivity index (χ1v) is 17.2.